The van der Waals surface area contributed by atoms with Gasteiger partial charge in [-0.3, -0.25) is 4.90 Å². The van der Waals surface area contributed by atoms with Crippen LogP contribution in [0, 0.1) is 5.92 Å². The largest absolute Gasteiger partial charge is 0.478 e. The van der Waals surface area contributed by atoms with Crippen molar-refractivity contribution in [3.63, 3.8) is 0 Å². The molecule has 26 heavy (non-hydrogen) atoms. The molecule has 2 rings (SSSR count). The number of benzene rings is 1. The molecule has 1 aliphatic rings. The van der Waals surface area contributed by atoms with Gasteiger partial charge in [-0.05, 0) is 36.2 Å². The Kier molecular flexibility index (Phi) is 6.74. The van der Waals surface area contributed by atoms with Gasteiger partial charge < -0.3 is 10.0 Å². The molecular weight excluding hydrogens is 413 g/mol. The number of hydrogen-bond acceptors (Lipinski definition) is 3. The van der Waals surface area contributed by atoms with Crippen LogP contribution in [0.3, 0.4) is 0 Å². The van der Waals surface area contributed by atoms with Crippen molar-refractivity contribution < 1.29 is 23.1 Å². The Balaban J connectivity index is 2.43. The van der Waals surface area contributed by atoms with Crippen molar-refractivity contribution in [2.24, 2.45) is 5.92 Å². The Morgan fingerprint density at radius 1 is 1.35 bits per heavy atom. The molecule has 0 spiro atoms. The molecule has 1 N–H and O–H groups in total. The number of rotatable bonds is 5. The van der Waals surface area contributed by atoms with Crippen LogP contribution in [0.5, 0.6) is 0 Å². The molecule has 0 amide bonds. The molecule has 1 heterocycles. The van der Waals surface area contributed by atoms with E-state index in [-0.39, 0.29) is 22.5 Å². The summed E-state index contributed by atoms with van der Waals surface area (Å²) in [6.45, 7) is 6.91. The maximum atomic E-state index is 13.5. The summed E-state index contributed by atoms with van der Waals surface area (Å²) < 4.78 is 40.4. The normalized spacial score (nSPS) is 19.9. The minimum atomic E-state index is -4.59. The molecule has 1 fully saturated rings. The Hall–Kier alpha value is -1.12. The predicted molar refractivity (Wildman–Crippen MR) is 97.6 cm³/mol. The van der Waals surface area contributed by atoms with E-state index in [2.05, 4.69) is 39.6 Å². The first-order chi connectivity index (χ1) is 12.0. The fraction of sp³-hybridized carbons (Fsp3) is 0.611. The summed E-state index contributed by atoms with van der Waals surface area (Å²) in [6.07, 6.45) is -4.59. The first kappa shape index (κ1) is 21.2. The highest BCUT2D eigenvalue weighted by molar-refractivity contribution is 9.08. The van der Waals surface area contributed by atoms with Gasteiger partial charge in [0.15, 0.2) is 0 Å². The third-order valence-electron chi connectivity index (χ3n) is 4.87. The second-order valence-electron chi connectivity index (χ2n) is 7.15. The standard InChI is InChI=1S/C18H24BrF3N2O2/c1-11(2)16-10-23(3)4-5-24(16)9-12-6-13(17(25)26)14(8-19)15(7-12)18(20,21)22/h6-7,11,16H,4-5,8-10H2,1-3H3,(H,25,26)/t16-/m1/s1. The Morgan fingerprint density at radius 2 is 2.00 bits per heavy atom. The van der Waals surface area contributed by atoms with E-state index < -0.39 is 17.7 Å². The smallest absolute Gasteiger partial charge is 0.416 e. The number of carbonyl (C=O) groups is 1. The van der Waals surface area contributed by atoms with E-state index >= 15 is 0 Å². The van der Waals surface area contributed by atoms with Crippen molar-refractivity contribution in [2.45, 2.75) is 37.9 Å². The number of carboxylic acid groups (broad SMARTS) is 1. The van der Waals surface area contributed by atoms with Crippen LogP contribution < -0.4 is 0 Å². The van der Waals surface area contributed by atoms with Gasteiger partial charge in [-0.2, -0.15) is 13.2 Å². The lowest BCUT2D eigenvalue weighted by molar-refractivity contribution is -0.138. The summed E-state index contributed by atoms with van der Waals surface area (Å²) in [4.78, 5) is 15.9. The van der Waals surface area contributed by atoms with Gasteiger partial charge in [0, 0.05) is 37.6 Å². The number of nitrogens with zero attached hydrogens (tertiary/aromatic N) is 2. The van der Waals surface area contributed by atoms with E-state index in [4.69, 9.17) is 0 Å². The highest BCUT2D eigenvalue weighted by atomic mass is 79.9. The topological polar surface area (TPSA) is 43.8 Å². The molecular formula is C18H24BrF3N2O2. The summed E-state index contributed by atoms with van der Waals surface area (Å²) in [5.74, 6) is -0.994. The molecule has 8 heteroatoms. The van der Waals surface area contributed by atoms with E-state index in [9.17, 15) is 23.1 Å². The van der Waals surface area contributed by atoms with Crippen LogP contribution in [0.25, 0.3) is 0 Å². The van der Waals surface area contributed by atoms with Crippen molar-refractivity contribution >= 4 is 21.9 Å². The van der Waals surface area contributed by atoms with Gasteiger partial charge in [0.2, 0.25) is 0 Å². The van der Waals surface area contributed by atoms with Crippen molar-refractivity contribution in [2.75, 3.05) is 26.7 Å². The van der Waals surface area contributed by atoms with E-state index in [0.717, 1.165) is 25.7 Å². The van der Waals surface area contributed by atoms with Gasteiger partial charge in [0.25, 0.3) is 0 Å². The minimum absolute atomic E-state index is 0.160. The van der Waals surface area contributed by atoms with Crippen LogP contribution in [0.1, 0.15) is 40.9 Å². The molecule has 0 aliphatic carbocycles. The first-order valence-corrected chi connectivity index (χ1v) is 9.61. The van der Waals surface area contributed by atoms with Crippen LogP contribution >= 0.6 is 15.9 Å². The third kappa shape index (κ3) is 4.78. The molecule has 1 saturated heterocycles. The fourth-order valence-corrected chi connectivity index (χ4v) is 4.07. The van der Waals surface area contributed by atoms with E-state index in [1.807, 2.05) is 7.05 Å². The molecule has 0 bridgehead atoms. The molecule has 0 saturated carbocycles. The lowest BCUT2D eigenvalue weighted by atomic mass is 9.95. The van der Waals surface area contributed by atoms with Crippen molar-refractivity contribution in [1.29, 1.82) is 0 Å². The van der Waals surface area contributed by atoms with E-state index in [0.29, 0.717) is 18.0 Å². The third-order valence-corrected chi connectivity index (χ3v) is 5.43. The van der Waals surface area contributed by atoms with Crippen LogP contribution in [0.4, 0.5) is 13.2 Å². The zero-order chi connectivity index (χ0) is 19.6. The maximum absolute atomic E-state index is 13.5. The Bertz CT molecular complexity index is 665. The van der Waals surface area contributed by atoms with Crippen LogP contribution in [0.2, 0.25) is 0 Å². The summed E-state index contributed by atoms with van der Waals surface area (Å²) in [6, 6.07) is 2.69. The van der Waals surface area contributed by atoms with Gasteiger partial charge in [-0.15, -0.1) is 0 Å². The molecule has 1 aromatic rings. The van der Waals surface area contributed by atoms with Crippen LogP contribution in [-0.2, 0) is 18.1 Å². The van der Waals surface area contributed by atoms with Crippen molar-refractivity contribution in [3.05, 3.63) is 34.4 Å². The molecule has 1 atom stereocenters. The average molecular weight is 437 g/mol. The van der Waals surface area contributed by atoms with E-state index in [1.54, 1.807) is 0 Å². The maximum Gasteiger partial charge on any atom is 0.416 e. The SMILES string of the molecule is CC(C)[C@H]1CN(C)CCN1Cc1cc(C(=O)O)c(CBr)c(C(F)(F)F)c1. The second-order valence-corrected chi connectivity index (χ2v) is 7.71. The predicted octanol–water partition coefficient (Wildman–Crippen LogP) is 4.07. The zero-order valence-corrected chi connectivity index (χ0v) is 16.7. The molecule has 0 unspecified atom stereocenters. The van der Waals surface area contributed by atoms with Gasteiger partial charge in [0.05, 0.1) is 11.1 Å². The molecule has 1 aromatic carbocycles. The number of halogens is 4. The summed E-state index contributed by atoms with van der Waals surface area (Å²) in [5, 5.41) is 9.22. The van der Waals surface area contributed by atoms with Gasteiger partial charge >= 0.3 is 12.1 Å². The molecule has 0 radical (unpaired) electrons. The molecule has 146 valence electrons. The number of carboxylic acids is 1. The Morgan fingerprint density at radius 3 is 2.50 bits per heavy atom. The minimum Gasteiger partial charge on any atom is -0.478 e. The highest BCUT2D eigenvalue weighted by Gasteiger charge is 2.36. The molecule has 4 nitrogen and oxygen atoms in total. The number of hydrogen-bond donors (Lipinski definition) is 1. The highest BCUT2D eigenvalue weighted by Crippen LogP contribution is 2.36. The lowest BCUT2D eigenvalue weighted by Crippen LogP contribution is -2.53. The second kappa shape index (κ2) is 8.27. The summed E-state index contributed by atoms with van der Waals surface area (Å²) in [5.41, 5.74) is -1.01. The van der Waals surface area contributed by atoms with Crippen LogP contribution in [0.15, 0.2) is 12.1 Å². The van der Waals surface area contributed by atoms with E-state index in [1.165, 1.54) is 6.07 Å². The number of aromatic carboxylic acids is 1. The van der Waals surface area contributed by atoms with Gasteiger partial charge in [-0.25, -0.2) is 4.79 Å². The monoisotopic (exact) mass is 436 g/mol. The zero-order valence-electron chi connectivity index (χ0n) is 15.1. The first-order valence-electron chi connectivity index (χ1n) is 8.49. The quantitative estimate of drug-likeness (QED) is 0.706. The van der Waals surface area contributed by atoms with Crippen molar-refractivity contribution in [1.82, 2.24) is 9.80 Å². The van der Waals surface area contributed by atoms with Crippen molar-refractivity contribution in [3.8, 4) is 0 Å². The number of alkyl halides is 4. The fourth-order valence-electron chi connectivity index (χ4n) is 3.47. The van der Waals surface area contributed by atoms with Crippen LogP contribution in [-0.4, -0.2) is 53.6 Å². The number of piperazine rings is 1. The lowest BCUT2D eigenvalue weighted by Gasteiger charge is -2.42. The Labute approximate surface area is 160 Å². The molecule has 0 aromatic heterocycles. The van der Waals surface area contributed by atoms with Gasteiger partial charge in [-0.1, -0.05) is 29.8 Å². The average Bonchev–Trinajstić information content (AvgIpc) is 2.54. The molecule has 1 aliphatic heterocycles. The summed E-state index contributed by atoms with van der Waals surface area (Å²) >= 11 is 3.00. The van der Waals surface area contributed by atoms with Gasteiger partial charge in [0.1, 0.15) is 0 Å². The number of likely N-dealkylation sites (N-methyl/N-ethyl adjacent to an activating group) is 1. The summed E-state index contributed by atoms with van der Waals surface area (Å²) in [7, 11) is 2.03.